The Morgan fingerprint density at radius 3 is 2.24 bits per heavy atom. The van der Waals surface area contributed by atoms with Gasteiger partial charge in [-0.15, -0.1) is 0 Å². The van der Waals surface area contributed by atoms with Crippen LogP contribution in [0, 0.1) is 12.8 Å². The van der Waals surface area contributed by atoms with E-state index in [-0.39, 0.29) is 18.4 Å². The zero-order valence-electron chi connectivity index (χ0n) is 16.2. The Hall–Kier alpha value is -1.60. The molecule has 1 aromatic rings. The summed E-state index contributed by atoms with van der Waals surface area (Å²) in [7, 11) is -3.42. The van der Waals surface area contributed by atoms with Gasteiger partial charge in [0.25, 0.3) is 0 Å². The summed E-state index contributed by atoms with van der Waals surface area (Å²) in [6, 6.07) is 5.87. The summed E-state index contributed by atoms with van der Waals surface area (Å²) in [6.45, 7) is 12.0. The number of hydrogen-bond acceptors (Lipinski definition) is 4. The van der Waals surface area contributed by atoms with Crippen LogP contribution in [0.25, 0.3) is 0 Å². The third kappa shape index (κ3) is 6.66. The normalized spacial score (nSPS) is 11.8. The van der Waals surface area contributed by atoms with Crippen LogP contribution >= 0.6 is 0 Å². The van der Waals surface area contributed by atoms with Crippen LogP contribution in [-0.2, 0) is 14.8 Å². The summed E-state index contributed by atoms with van der Waals surface area (Å²) < 4.78 is 24.9. The molecule has 0 bridgehead atoms. The molecule has 0 saturated carbocycles. The van der Waals surface area contributed by atoms with Gasteiger partial charge in [0, 0.05) is 31.0 Å². The molecule has 0 aliphatic carbocycles. The first kappa shape index (κ1) is 21.4. The predicted molar refractivity (Wildman–Crippen MR) is 105 cm³/mol. The molecule has 0 radical (unpaired) electrons. The first-order chi connectivity index (χ1) is 11.6. The standard InChI is InChI=1S/C18H31N3O3S/c1-7-20(8-2)16-9-10-17(15(5)11-16)19-18(22)13-21(12-14(3)4)25(6,23)24/h9-11,14H,7-8,12-13H2,1-6H3,(H,19,22). The molecule has 0 saturated heterocycles. The molecule has 0 spiro atoms. The van der Waals surface area contributed by atoms with Gasteiger partial charge >= 0.3 is 0 Å². The van der Waals surface area contributed by atoms with Crippen molar-refractivity contribution in [2.45, 2.75) is 34.6 Å². The second-order valence-electron chi connectivity index (χ2n) is 6.67. The molecule has 25 heavy (non-hydrogen) atoms. The molecule has 0 heterocycles. The number of rotatable bonds is 9. The lowest BCUT2D eigenvalue weighted by Gasteiger charge is -2.23. The highest BCUT2D eigenvalue weighted by Crippen LogP contribution is 2.22. The van der Waals surface area contributed by atoms with Crippen LogP contribution in [-0.4, -0.2) is 51.1 Å². The molecule has 0 atom stereocenters. The largest absolute Gasteiger partial charge is 0.372 e. The van der Waals surface area contributed by atoms with Gasteiger partial charge in [-0.1, -0.05) is 13.8 Å². The van der Waals surface area contributed by atoms with E-state index in [4.69, 9.17) is 0 Å². The van der Waals surface area contributed by atoms with E-state index in [0.717, 1.165) is 30.6 Å². The van der Waals surface area contributed by atoms with Gasteiger partial charge in [0.1, 0.15) is 0 Å². The second-order valence-corrected chi connectivity index (χ2v) is 8.65. The van der Waals surface area contributed by atoms with E-state index < -0.39 is 10.0 Å². The monoisotopic (exact) mass is 369 g/mol. The van der Waals surface area contributed by atoms with E-state index in [2.05, 4.69) is 24.1 Å². The molecule has 0 aromatic heterocycles. The fourth-order valence-corrected chi connectivity index (χ4v) is 3.57. The van der Waals surface area contributed by atoms with Crippen LogP contribution in [0.2, 0.25) is 0 Å². The molecule has 1 rings (SSSR count). The highest BCUT2D eigenvalue weighted by atomic mass is 32.2. The molecule has 0 fully saturated rings. The highest BCUT2D eigenvalue weighted by molar-refractivity contribution is 7.88. The van der Waals surface area contributed by atoms with Crippen molar-refractivity contribution in [2.24, 2.45) is 5.92 Å². The summed E-state index contributed by atoms with van der Waals surface area (Å²) in [5.74, 6) is -0.178. The van der Waals surface area contributed by atoms with E-state index in [1.165, 1.54) is 4.31 Å². The highest BCUT2D eigenvalue weighted by Gasteiger charge is 2.21. The lowest BCUT2D eigenvalue weighted by molar-refractivity contribution is -0.116. The Labute approximate surface area is 152 Å². The average molecular weight is 370 g/mol. The maximum atomic E-state index is 12.3. The smallest absolute Gasteiger partial charge is 0.239 e. The predicted octanol–water partition coefficient (Wildman–Crippen LogP) is 2.70. The molecule has 1 amide bonds. The SMILES string of the molecule is CCN(CC)c1ccc(NC(=O)CN(CC(C)C)S(C)(=O)=O)c(C)c1. The Kier molecular flexibility index (Phi) is 7.89. The molecule has 7 heteroatoms. The van der Waals surface area contributed by atoms with Crippen molar-refractivity contribution < 1.29 is 13.2 Å². The van der Waals surface area contributed by atoms with E-state index >= 15 is 0 Å². The van der Waals surface area contributed by atoms with Gasteiger partial charge in [-0.25, -0.2) is 8.42 Å². The number of anilines is 2. The minimum absolute atomic E-state index is 0.151. The number of amides is 1. The number of aryl methyl sites for hydroxylation is 1. The molecule has 142 valence electrons. The van der Waals surface area contributed by atoms with Crippen molar-refractivity contribution in [1.82, 2.24) is 4.31 Å². The van der Waals surface area contributed by atoms with Crippen molar-refractivity contribution >= 4 is 27.3 Å². The number of carbonyl (C=O) groups excluding carboxylic acids is 1. The van der Waals surface area contributed by atoms with E-state index in [1.54, 1.807) is 0 Å². The van der Waals surface area contributed by atoms with Gasteiger partial charge in [0.05, 0.1) is 12.8 Å². The summed E-state index contributed by atoms with van der Waals surface area (Å²) in [5.41, 5.74) is 2.77. The van der Waals surface area contributed by atoms with Crippen LogP contribution in [0.15, 0.2) is 18.2 Å². The molecule has 6 nitrogen and oxygen atoms in total. The van der Waals surface area contributed by atoms with Crippen LogP contribution in [0.5, 0.6) is 0 Å². The molecule has 1 N–H and O–H groups in total. The van der Waals surface area contributed by atoms with Gasteiger partial charge in [0.2, 0.25) is 15.9 Å². The second kappa shape index (κ2) is 9.20. The third-order valence-electron chi connectivity index (χ3n) is 3.97. The first-order valence-corrected chi connectivity index (χ1v) is 10.5. The van der Waals surface area contributed by atoms with Crippen molar-refractivity contribution in [3.63, 3.8) is 0 Å². The summed E-state index contributed by atoms with van der Waals surface area (Å²) in [6.07, 6.45) is 1.13. The van der Waals surface area contributed by atoms with Gasteiger partial charge in [-0.05, 0) is 50.5 Å². The zero-order chi connectivity index (χ0) is 19.2. The van der Waals surface area contributed by atoms with Crippen LogP contribution in [0.4, 0.5) is 11.4 Å². The quantitative estimate of drug-likeness (QED) is 0.727. The van der Waals surface area contributed by atoms with Gasteiger partial charge < -0.3 is 10.2 Å². The Morgan fingerprint density at radius 2 is 1.80 bits per heavy atom. The summed E-state index contributed by atoms with van der Waals surface area (Å²) in [4.78, 5) is 14.5. The molecular weight excluding hydrogens is 338 g/mol. The Morgan fingerprint density at radius 1 is 1.20 bits per heavy atom. The van der Waals surface area contributed by atoms with Crippen LogP contribution in [0.1, 0.15) is 33.3 Å². The fourth-order valence-electron chi connectivity index (χ4n) is 2.65. The minimum Gasteiger partial charge on any atom is -0.372 e. The van der Waals surface area contributed by atoms with Crippen molar-refractivity contribution in [3.8, 4) is 0 Å². The summed E-state index contributed by atoms with van der Waals surface area (Å²) in [5, 5.41) is 2.82. The lowest BCUT2D eigenvalue weighted by Crippen LogP contribution is -2.39. The molecule has 0 aliphatic heterocycles. The fraction of sp³-hybridized carbons (Fsp3) is 0.611. The maximum absolute atomic E-state index is 12.3. The zero-order valence-corrected chi connectivity index (χ0v) is 17.0. The van der Waals surface area contributed by atoms with Crippen LogP contribution in [0.3, 0.4) is 0 Å². The first-order valence-electron chi connectivity index (χ1n) is 8.69. The number of nitrogens with one attached hydrogen (secondary N) is 1. The molecule has 1 aromatic carbocycles. The van der Waals surface area contributed by atoms with Gasteiger partial charge in [-0.2, -0.15) is 4.31 Å². The third-order valence-corrected chi connectivity index (χ3v) is 5.19. The topological polar surface area (TPSA) is 69.7 Å². The van der Waals surface area contributed by atoms with E-state index in [9.17, 15) is 13.2 Å². The van der Waals surface area contributed by atoms with Crippen molar-refractivity contribution in [2.75, 3.05) is 42.7 Å². The number of carbonyl (C=O) groups is 1. The van der Waals surface area contributed by atoms with Gasteiger partial charge in [0.15, 0.2) is 0 Å². The molecular formula is C18H31N3O3S. The molecule has 0 aliphatic rings. The Bertz CT molecular complexity index is 683. The number of nitrogens with zero attached hydrogens (tertiary/aromatic N) is 2. The number of hydrogen-bond donors (Lipinski definition) is 1. The van der Waals surface area contributed by atoms with E-state index in [1.807, 2.05) is 39.0 Å². The minimum atomic E-state index is -3.42. The number of sulfonamides is 1. The van der Waals surface area contributed by atoms with Crippen molar-refractivity contribution in [1.29, 1.82) is 0 Å². The maximum Gasteiger partial charge on any atom is 0.239 e. The van der Waals surface area contributed by atoms with Gasteiger partial charge in [-0.3, -0.25) is 4.79 Å². The number of benzene rings is 1. The lowest BCUT2D eigenvalue weighted by atomic mass is 10.1. The van der Waals surface area contributed by atoms with Crippen LogP contribution < -0.4 is 10.2 Å². The average Bonchev–Trinajstić information content (AvgIpc) is 2.49. The van der Waals surface area contributed by atoms with Crippen molar-refractivity contribution in [3.05, 3.63) is 23.8 Å². The Balaban J connectivity index is 2.85. The molecule has 0 unspecified atom stereocenters. The van der Waals surface area contributed by atoms with E-state index in [0.29, 0.717) is 12.2 Å². The summed E-state index contributed by atoms with van der Waals surface area (Å²) >= 11 is 0.